The highest BCUT2D eigenvalue weighted by Crippen LogP contribution is 2.36. The molecule has 5 heteroatoms. The van der Waals surface area contributed by atoms with Gasteiger partial charge in [-0.15, -0.1) is 0 Å². The second-order valence-corrected chi connectivity index (χ2v) is 5.95. The molecule has 1 rings (SSSR count). The van der Waals surface area contributed by atoms with Gasteiger partial charge in [0.2, 0.25) is 0 Å². The van der Waals surface area contributed by atoms with Crippen LogP contribution >= 0.6 is 15.9 Å². The lowest BCUT2D eigenvalue weighted by Crippen LogP contribution is -2.17. The zero-order valence-electron chi connectivity index (χ0n) is 11.6. The highest BCUT2D eigenvalue weighted by molar-refractivity contribution is 9.10. The predicted octanol–water partition coefficient (Wildman–Crippen LogP) is 5.83. The Kier molecular flexibility index (Phi) is 7.03. The zero-order chi connectivity index (χ0) is 15.2. The van der Waals surface area contributed by atoms with Crippen LogP contribution in [-0.4, -0.2) is 0 Å². The molecule has 0 fully saturated rings. The van der Waals surface area contributed by atoms with E-state index in [0.717, 1.165) is 31.7 Å². The second kappa shape index (κ2) is 8.03. The third-order valence-corrected chi connectivity index (χ3v) is 3.83. The van der Waals surface area contributed by atoms with E-state index in [1.807, 2.05) is 0 Å². The Bertz CT molecular complexity index is 418. The molecule has 0 saturated heterocycles. The fraction of sp³-hybridized carbons (Fsp3) is 0.600. The van der Waals surface area contributed by atoms with Crippen LogP contribution in [-0.2, 0) is 6.18 Å². The molecule has 1 aromatic rings. The minimum atomic E-state index is -4.36. The maximum Gasteiger partial charge on any atom is 0.416 e. The Morgan fingerprint density at radius 2 is 1.80 bits per heavy atom. The van der Waals surface area contributed by atoms with Crippen LogP contribution in [0.5, 0.6) is 0 Å². The molecule has 0 aliphatic heterocycles. The Hall–Kier alpha value is -0.550. The van der Waals surface area contributed by atoms with Crippen molar-refractivity contribution >= 4 is 15.9 Å². The highest BCUT2D eigenvalue weighted by atomic mass is 79.9. The van der Waals surface area contributed by atoms with E-state index >= 15 is 0 Å². The molecule has 0 aliphatic rings. The van der Waals surface area contributed by atoms with E-state index in [9.17, 15) is 13.2 Å². The van der Waals surface area contributed by atoms with Crippen molar-refractivity contribution in [2.45, 2.75) is 57.7 Å². The number of hydrogen-bond donors (Lipinski definition) is 1. The molecular weight excluding hydrogens is 331 g/mol. The second-order valence-electron chi connectivity index (χ2n) is 5.04. The van der Waals surface area contributed by atoms with Crippen molar-refractivity contribution in [2.24, 2.45) is 5.73 Å². The molecule has 0 heterocycles. The van der Waals surface area contributed by atoms with Crippen molar-refractivity contribution in [3.8, 4) is 0 Å². The van der Waals surface area contributed by atoms with Crippen LogP contribution in [0.2, 0.25) is 0 Å². The Morgan fingerprint density at radius 3 is 2.40 bits per heavy atom. The summed E-state index contributed by atoms with van der Waals surface area (Å²) < 4.78 is 39.4. The molecule has 0 radical (unpaired) electrons. The largest absolute Gasteiger partial charge is 0.416 e. The van der Waals surface area contributed by atoms with Crippen LogP contribution in [0, 0.1) is 0 Å². The summed E-state index contributed by atoms with van der Waals surface area (Å²) in [6.07, 6.45) is 1.56. The Morgan fingerprint density at radius 1 is 1.15 bits per heavy atom. The summed E-state index contributed by atoms with van der Waals surface area (Å²) in [5.74, 6) is 0. The van der Waals surface area contributed by atoms with Crippen molar-refractivity contribution in [1.29, 1.82) is 0 Å². The first-order valence-corrected chi connectivity index (χ1v) is 7.77. The van der Waals surface area contributed by atoms with Crippen LogP contribution in [0.3, 0.4) is 0 Å². The normalized spacial score (nSPS) is 13.5. The molecule has 1 nitrogen and oxygen atoms in total. The first-order valence-electron chi connectivity index (χ1n) is 6.98. The van der Waals surface area contributed by atoms with Crippen LogP contribution in [0.1, 0.15) is 62.6 Å². The number of halogens is 4. The van der Waals surface area contributed by atoms with E-state index in [2.05, 4.69) is 22.9 Å². The Balaban J connectivity index is 2.70. The quantitative estimate of drug-likeness (QED) is 0.614. The van der Waals surface area contributed by atoms with Gasteiger partial charge in [-0.1, -0.05) is 61.0 Å². The minimum Gasteiger partial charge on any atom is -0.324 e. The van der Waals surface area contributed by atoms with Gasteiger partial charge >= 0.3 is 6.18 Å². The lowest BCUT2D eigenvalue weighted by molar-refractivity contribution is -0.138. The smallest absolute Gasteiger partial charge is 0.324 e. The SMILES string of the molecule is CCCCCCCC(N)c1ccc(Br)cc1C(F)(F)F. The topological polar surface area (TPSA) is 26.0 Å². The van der Waals surface area contributed by atoms with E-state index in [4.69, 9.17) is 5.73 Å². The van der Waals surface area contributed by atoms with Gasteiger partial charge in [-0.2, -0.15) is 13.2 Å². The highest BCUT2D eigenvalue weighted by Gasteiger charge is 2.34. The van der Waals surface area contributed by atoms with Crippen molar-refractivity contribution in [1.82, 2.24) is 0 Å². The number of alkyl halides is 3. The third kappa shape index (κ3) is 5.44. The predicted molar refractivity (Wildman–Crippen MR) is 79.4 cm³/mol. The molecule has 114 valence electrons. The first kappa shape index (κ1) is 17.5. The Labute approximate surface area is 126 Å². The van der Waals surface area contributed by atoms with Gasteiger partial charge in [-0.05, 0) is 24.1 Å². The third-order valence-electron chi connectivity index (χ3n) is 3.34. The molecule has 2 N–H and O–H groups in total. The number of unbranched alkanes of at least 4 members (excludes halogenated alkanes) is 4. The monoisotopic (exact) mass is 351 g/mol. The van der Waals surface area contributed by atoms with Gasteiger partial charge in [0.1, 0.15) is 0 Å². The molecule has 0 amide bonds. The van der Waals surface area contributed by atoms with Gasteiger partial charge in [0.25, 0.3) is 0 Å². The molecule has 1 atom stereocenters. The molecular formula is C15H21BrF3N. The standard InChI is InChI=1S/C15H21BrF3N/c1-2-3-4-5-6-7-14(20)12-9-8-11(16)10-13(12)15(17,18)19/h8-10,14H,2-7,20H2,1H3. The van der Waals surface area contributed by atoms with Gasteiger partial charge in [0.05, 0.1) is 5.56 Å². The number of nitrogens with two attached hydrogens (primary N) is 1. The van der Waals surface area contributed by atoms with Crippen molar-refractivity contribution < 1.29 is 13.2 Å². The average Bonchev–Trinajstić information content (AvgIpc) is 2.37. The van der Waals surface area contributed by atoms with Crippen molar-refractivity contribution in [3.63, 3.8) is 0 Å². The van der Waals surface area contributed by atoms with Gasteiger partial charge < -0.3 is 5.73 Å². The van der Waals surface area contributed by atoms with Crippen LogP contribution in [0.15, 0.2) is 22.7 Å². The number of hydrogen-bond acceptors (Lipinski definition) is 1. The maximum absolute atomic E-state index is 13.0. The molecule has 0 bridgehead atoms. The maximum atomic E-state index is 13.0. The molecule has 1 aromatic carbocycles. The summed E-state index contributed by atoms with van der Waals surface area (Å²) in [5.41, 5.74) is 5.50. The van der Waals surface area contributed by atoms with Crippen LogP contribution in [0.25, 0.3) is 0 Å². The lowest BCUT2D eigenvalue weighted by Gasteiger charge is -2.18. The van der Waals surface area contributed by atoms with E-state index in [1.54, 1.807) is 6.07 Å². The fourth-order valence-electron chi connectivity index (χ4n) is 2.22. The summed E-state index contributed by atoms with van der Waals surface area (Å²) in [5, 5.41) is 0. The van der Waals surface area contributed by atoms with Crippen LogP contribution < -0.4 is 5.73 Å². The van der Waals surface area contributed by atoms with Gasteiger partial charge in [0, 0.05) is 10.5 Å². The molecule has 0 aromatic heterocycles. The molecule has 0 aliphatic carbocycles. The minimum absolute atomic E-state index is 0.191. The fourth-order valence-corrected chi connectivity index (χ4v) is 2.58. The van der Waals surface area contributed by atoms with Crippen LogP contribution in [0.4, 0.5) is 13.2 Å². The molecule has 0 saturated carbocycles. The molecule has 0 spiro atoms. The van der Waals surface area contributed by atoms with Gasteiger partial charge in [-0.25, -0.2) is 0 Å². The van der Waals surface area contributed by atoms with E-state index < -0.39 is 17.8 Å². The summed E-state index contributed by atoms with van der Waals surface area (Å²) in [6.45, 7) is 2.13. The summed E-state index contributed by atoms with van der Waals surface area (Å²) >= 11 is 3.08. The van der Waals surface area contributed by atoms with Gasteiger partial charge in [0.15, 0.2) is 0 Å². The first-order chi connectivity index (χ1) is 9.36. The van der Waals surface area contributed by atoms with Crippen molar-refractivity contribution in [2.75, 3.05) is 0 Å². The average molecular weight is 352 g/mol. The number of rotatable bonds is 7. The summed E-state index contributed by atoms with van der Waals surface area (Å²) in [4.78, 5) is 0. The van der Waals surface area contributed by atoms with Crippen molar-refractivity contribution in [3.05, 3.63) is 33.8 Å². The number of benzene rings is 1. The van der Waals surface area contributed by atoms with Gasteiger partial charge in [-0.3, -0.25) is 0 Å². The molecule has 1 unspecified atom stereocenters. The van der Waals surface area contributed by atoms with E-state index in [0.29, 0.717) is 10.9 Å². The lowest BCUT2D eigenvalue weighted by atomic mass is 9.96. The van der Waals surface area contributed by atoms with E-state index in [1.165, 1.54) is 12.5 Å². The van der Waals surface area contributed by atoms with E-state index in [-0.39, 0.29) is 5.56 Å². The summed E-state index contributed by atoms with van der Waals surface area (Å²) in [7, 11) is 0. The zero-order valence-corrected chi connectivity index (χ0v) is 13.2. The molecule has 20 heavy (non-hydrogen) atoms. The summed E-state index contributed by atoms with van der Waals surface area (Å²) in [6, 6.07) is 3.64.